The minimum Gasteiger partial charge on any atom is -0.491 e. The standard InChI is InChI=1S/C22H29FO6/c23-15-7-10-17(11-8-15)29-14-16(24)9-12-19-18(20(25)13-21(19)26)5-3-1-2-4-6-22(27)28/h1,3,7-12,16,18-21,24-26H,2,4-6,13-14H2,(H,27,28)/b3-1+,12-9+/t16-,18-,19?,20+,21-/m1/s1. The fourth-order valence-corrected chi connectivity index (χ4v) is 3.47. The Kier molecular flexibility index (Phi) is 9.31. The van der Waals surface area contributed by atoms with Gasteiger partial charge < -0.3 is 25.2 Å². The Hall–Kier alpha value is -2.22. The first-order valence-corrected chi connectivity index (χ1v) is 9.84. The molecule has 2 rings (SSSR count). The molecule has 1 saturated carbocycles. The number of allylic oxidation sites excluding steroid dienone is 2. The average molecular weight is 408 g/mol. The first-order valence-electron chi connectivity index (χ1n) is 9.84. The van der Waals surface area contributed by atoms with Crippen LogP contribution in [0.15, 0.2) is 48.6 Å². The summed E-state index contributed by atoms with van der Waals surface area (Å²) in [5, 5.41) is 39.2. The maximum absolute atomic E-state index is 12.9. The van der Waals surface area contributed by atoms with Crippen molar-refractivity contribution >= 4 is 5.97 Å². The Morgan fingerprint density at radius 3 is 2.62 bits per heavy atom. The van der Waals surface area contributed by atoms with Crippen molar-refractivity contribution < 1.29 is 34.3 Å². The number of ether oxygens (including phenoxy) is 1. The molecule has 0 saturated heterocycles. The minimum atomic E-state index is -0.905. The summed E-state index contributed by atoms with van der Waals surface area (Å²) in [7, 11) is 0. The molecule has 1 unspecified atom stereocenters. The number of aliphatic carboxylic acids is 1. The monoisotopic (exact) mass is 408 g/mol. The molecule has 1 aromatic rings. The Labute approximate surface area is 170 Å². The second kappa shape index (κ2) is 11.7. The molecule has 0 aromatic heterocycles. The molecule has 5 atom stereocenters. The molecule has 0 aliphatic heterocycles. The van der Waals surface area contributed by atoms with Crippen molar-refractivity contribution in [2.75, 3.05) is 6.61 Å². The summed E-state index contributed by atoms with van der Waals surface area (Å²) in [4.78, 5) is 10.5. The first-order chi connectivity index (χ1) is 13.9. The van der Waals surface area contributed by atoms with Gasteiger partial charge >= 0.3 is 5.97 Å². The third-order valence-corrected chi connectivity index (χ3v) is 5.04. The van der Waals surface area contributed by atoms with Crippen LogP contribution >= 0.6 is 0 Å². The van der Waals surface area contributed by atoms with Crippen LogP contribution in [0.3, 0.4) is 0 Å². The number of hydrogen-bond donors (Lipinski definition) is 4. The van der Waals surface area contributed by atoms with Crippen molar-refractivity contribution in [2.45, 2.75) is 50.4 Å². The van der Waals surface area contributed by atoms with Crippen molar-refractivity contribution in [2.24, 2.45) is 11.8 Å². The van der Waals surface area contributed by atoms with Gasteiger partial charge in [-0.2, -0.15) is 0 Å². The zero-order valence-corrected chi connectivity index (χ0v) is 16.2. The normalized spacial score (nSPS) is 25.7. The van der Waals surface area contributed by atoms with Crippen LogP contribution in [0.2, 0.25) is 0 Å². The molecule has 4 N–H and O–H groups in total. The van der Waals surface area contributed by atoms with Crippen molar-refractivity contribution in [3.63, 3.8) is 0 Å². The topological polar surface area (TPSA) is 107 Å². The lowest BCUT2D eigenvalue weighted by Crippen LogP contribution is -2.21. The van der Waals surface area contributed by atoms with Crippen LogP contribution in [0.25, 0.3) is 0 Å². The first kappa shape index (κ1) is 23.1. The van der Waals surface area contributed by atoms with Crippen LogP contribution in [0, 0.1) is 17.7 Å². The Balaban J connectivity index is 1.82. The summed E-state index contributed by atoms with van der Waals surface area (Å²) in [6.07, 6.45) is 6.97. The maximum atomic E-state index is 12.9. The maximum Gasteiger partial charge on any atom is 0.303 e. The number of carboxylic acid groups (broad SMARTS) is 1. The van der Waals surface area contributed by atoms with E-state index in [2.05, 4.69) is 0 Å². The molecule has 1 fully saturated rings. The molecule has 0 heterocycles. The van der Waals surface area contributed by atoms with Crippen LogP contribution in [-0.2, 0) is 4.79 Å². The Morgan fingerprint density at radius 2 is 1.93 bits per heavy atom. The van der Waals surface area contributed by atoms with E-state index in [9.17, 15) is 24.5 Å². The summed E-state index contributed by atoms with van der Waals surface area (Å²) >= 11 is 0. The fraction of sp³-hybridized carbons (Fsp3) is 0.500. The second-order valence-corrected chi connectivity index (χ2v) is 7.32. The lowest BCUT2D eigenvalue weighted by atomic mass is 9.89. The molecule has 1 aliphatic carbocycles. The number of aliphatic hydroxyl groups is 3. The van der Waals surface area contributed by atoms with Gasteiger partial charge in [0.1, 0.15) is 24.3 Å². The molecule has 7 heteroatoms. The molecular formula is C22H29FO6. The molecule has 0 radical (unpaired) electrons. The van der Waals surface area contributed by atoms with Crippen LogP contribution in [-0.4, -0.2) is 51.3 Å². The zero-order chi connectivity index (χ0) is 21.2. The van der Waals surface area contributed by atoms with Crippen molar-refractivity contribution in [3.8, 4) is 5.75 Å². The second-order valence-electron chi connectivity index (χ2n) is 7.32. The molecule has 160 valence electrons. The van der Waals surface area contributed by atoms with Crippen LogP contribution < -0.4 is 4.74 Å². The van der Waals surface area contributed by atoms with Gasteiger partial charge in [-0.05, 0) is 49.4 Å². The quantitative estimate of drug-likeness (QED) is 0.331. The summed E-state index contributed by atoms with van der Waals surface area (Å²) in [5.74, 6) is -1.22. The number of carboxylic acids is 1. The number of aliphatic hydroxyl groups excluding tert-OH is 3. The number of hydrogen-bond acceptors (Lipinski definition) is 5. The van der Waals surface area contributed by atoms with Gasteiger partial charge in [-0.15, -0.1) is 0 Å². The number of rotatable bonds is 11. The van der Waals surface area contributed by atoms with Crippen LogP contribution in [0.5, 0.6) is 5.75 Å². The molecule has 0 bridgehead atoms. The highest BCUT2D eigenvalue weighted by molar-refractivity contribution is 5.66. The predicted molar refractivity (Wildman–Crippen MR) is 106 cm³/mol. The highest BCUT2D eigenvalue weighted by Gasteiger charge is 2.39. The van der Waals surface area contributed by atoms with E-state index in [4.69, 9.17) is 9.84 Å². The Morgan fingerprint density at radius 1 is 1.21 bits per heavy atom. The SMILES string of the molecule is O=C(O)CCC/C=C/C[C@@H]1C(/C=C/[C@@H](O)COc2ccc(F)cc2)[C@H](O)C[C@@H]1O. The highest BCUT2D eigenvalue weighted by atomic mass is 19.1. The summed E-state index contributed by atoms with van der Waals surface area (Å²) < 4.78 is 18.3. The van der Waals surface area contributed by atoms with Gasteiger partial charge in [0.25, 0.3) is 0 Å². The smallest absolute Gasteiger partial charge is 0.303 e. The summed E-state index contributed by atoms with van der Waals surface area (Å²) in [5.41, 5.74) is 0. The molecule has 1 aliphatic rings. The van der Waals surface area contributed by atoms with Gasteiger partial charge in [0.15, 0.2) is 0 Å². The van der Waals surface area contributed by atoms with E-state index in [-0.39, 0.29) is 37.1 Å². The van der Waals surface area contributed by atoms with E-state index in [0.717, 1.165) is 0 Å². The van der Waals surface area contributed by atoms with E-state index >= 15 is 0 Å². The molecule has 1 aromatic carbocycles. The van der Waals surface area contributed by atoms with Gasteiger partial charge in [-0.1, -0.05) is 24.3 Å². The van der Waals surface area contributed by atoms with E-state index in [1.54, 1.807) is 12.2 Å². The molecule has 0 spiro atoms. The largest absolute Gasteiger partial charge is 0.491 e. The molecule has 29 heavy (non-hydrogen) atoms. The number of halogens is 1. The summed E-state index contributed by atoms with van der Waals surface area (Å²) in [6.45, 7) is -0.0123. The predicted octanol–water partition coefficient (Wildman–Crippen LogP) is 2.68. The van der Waals surface area contributed by atoms with Crippen molar-refractivity contribution in [1.82, 2.24) is 0 Å². The number of carbonyl (C=O) groups is 1. The Bertz CT molecular complexity index is 687. The molecule has 0 amide bonds. The summed E-state index contributed by atoms with van der Waals surface area (Å²) in [6, 6.07) is 5.49. The van der Waals surface area contributed by atoms with Crippen molar-refractivity contribution in [1.29, 1.82) is 0 Å². The van der Waals surface area contributed by atoms with E-state index < -0.39 is 24.3 Å². The van der Waals surface area contributed by atoms with Gasteiger partial charge in [0.2, 0.25) is 0 Å². The van der Waals surface area contributed by atoms with Gasteiger partial charge in [-0.3, -0.25) is 4.79 Å². The number of unbranched alkanes of at least 4 members (excludes halogenated alkanes) is 1. The minimum absolute atomic E-state index is 0.0123. The van der Waals surface area contributed by atoms with E-state index in [1.807, 2.05) is 12.2 Å². The number of benzene rings is 1. The van der Waals surface area contributed by atoms with Gasteiger partial charge in [0, 0.05) is 18.8 Å². The van der Waals surface area contributed by atoms with Crippen LogP contribution in [0.4, 0.5) is 4.39 Å². The fourth-order valence-electron chi connectivity index (χ4n) is 3.47. The highest BCUT2D eigenvalue weighted by Crippen LogP contribution is 2.36. The lowest BCUT2D eigenvalue weighted by molar-refractivity contribution is -0.137. The zero-order valence-electron chi connectivity index (χ0n) is 16.2. The van der Waals surface area contributed by atoms with E-state index in [0.29, 0.717) is 25.0 Å². The lowest BCUT2D eigenvalue weighted by Gasteiger charge is -2.19. The third-order valence-electron chi connectivity index (χ3n) is 5.04. The third kappa shape index (κ3) is 7.97. The van der Waals surface area contributed by atoms with Crippen LogP contribution in [0.1, 0.15) is 32.1 Å². The van der Waals surface area contributed by atoms with E-state index in [1.165, 1.54) is 24.3 Å². The molecule has 6 nitrogen and oxygen atoms in total. The van der Waals surface area contributed by atoms with Crippen molar-refractivity contribution in [3.05, 3.63) is 54.4 Å². The van der Waals surface area contributed by atoms with Gasteiger partial charge in [-0.25, -0.2) is 4.39 Å². The average Bonchev–Trinajstić information content (AvgIpc) is 2.94. The molecular weight excluding hydrogens is 379 g/mol. The van der Waals surface area contributed by atoms with Gasteiger partial charge in [0.05, 0.1) is 12.2 Å².